The summed E-state index contributed by atoms with van der Waals surface area (Å²) in [6.45, 7) is 6.35. The number of hydrogen-bond acceptors (Lipinski definition) is 3. The van der Waals surface area contributed by atoms with Crippen LogP contribution in [0.2, 0.25) is 0 Å². The lowest BCUT2D eigenvalue weighted by Crippen LogP contribution is -2.18. The van der Waals surface area contributed by atoms with Crippen LogP contribution in [-0.2, 0) is 9.47 Å². The van der Waals surface area contributed by atoms with Crippen LogP contribution in [0.15, 0.2) is 0 Å². The first-order valence-electron chi connectivity index (χ1n) is 2.98. The van der Waals surface area contributed by atoms with Gasteiger partial charge >= 0.3 is 0 Å². The van der Waals surface area contributed by atoms with E-state index in [-0.39, 0.29) is 13.2 Å². The highest BCUT2D eigenvalue weighted by Crippen LogP contribution is 1.86. The topological polar surface area (TPSA) is 38.7 Å². The largest absolute Gasteiger partial charge is 0.376 e. The van der Waals surface area contributed by atoms with E-state index in [0.717, 1.165) is 0 Å². The van der Waals surface area contributed by atoms with Gasteiger partial charge in [-0.2, -0.15) is 0 Å². The van der Waals surface area contributed by atoms with Crippen LogP contribution < -0.4 is 0 Å². The third-order valence-corrected chi connectivity index (χ3v) is 0.775. The second-order valence-corrected chi connectivity index (χ2v) is 1.48. The zero-order valence-electron chi connectivity index (χ0n) is 5.67. The van der Waals surface area contributed by atoms with E-state index >= 15 is 0 Å². The second-order valence-electron chi connectivity index (χ2n) is 1.48. The van der Waals surface area contributed by atoms with Crippen molar-refractivity contribution >= 4 is 0 Å². The van der Waals surface area contributed by atoms with Gasteiger partial charge < -0.3 is 14.6 Å². The van der Waals surface area contributed by atoms with E-state index < -0.39 is 6.29 Å². The van der Waals surface area contributed by atoms with Crippen LogP contribution in [0.5, 0.6) is 0 Å². The summed E-state index contributed by atoms with van der Waals surface area (Å²) in [6.07, 6.45) is -0.817. The van der Waals surface area contributed by atoms with Gasteiger partial charge in [0.15, 0.2) is 6.29 Å². The Kier molecular flexibility index (Phi) is 5.93. The van der Waals surface area contributed by atoms with Crippen molar-refractivity contribution in [3.05, 3.63) is 6.92 Å². The third kappa shape index (κ3) is 5.76. The molecule has 1 unspecified atom stereocenters. The normalized spacial score (nSPS) is 13.7. The lowest BCUT2D eigenvalue weighted by Gasteiger charge is -2.08. The van der Waals surface area contributed by atoms with E-state index in [9.17, 15) is 0 Å². The molecule has 0 aromatic carbocycles. The molecule has 1 atom stereocenters. The summed E-state index contributed by atoms with van der Waals surface area (Å²) in [4.78, 5) is 0. The Morgan fingerprint density at radius 3 is 2.78 bits per heavy atom. The maximum absolute atomic E-state index is 8.79. The summed E-state index contributed by atoms with van der Waals surface area (Å²) in [5, 5.41) is 8.79. The first kappa shape index (κ1) is 8.88. The van der Waals surface area contributed by atoms with Crippen molar-refractivity contribution < 1.29 is 14.6 Å². The van der Waals surface area contributed by atoms with Gasteiger partial charge in [0.1, 0.15) is 0 Å². The maximum Gasteiger partial charge on any atom is 0.178 e. The van der Waals surface area contributed by atoms with Crippen LogP contribution in [0.25, 0.3) is 0 Å². The Balaban J connectivity index is 2.95. The molecule has 3 heteroatoms. The smallest absolute Gasteiger partial charge is 0.178 e. The van der Waals surface area contributed by atoms with Gasteiger partial charge in [-0.1, -0.05) is 0 Å². The first-order chi connectivity index (χ1) is 4.31. The van der Waals surface area contributed by atoms with Gasteiger partial charge in [0, 0.05) is 13.2 Å². The summed E-state index contributed by atoms with van der Waals surface area (Å²) < 4.78 is 9.51. The molecule has 1 radical (unpaired) electrons. The zero-order chi connectivity index (χ0) is 7.11. The number of aliphatic hydroxyl groups is 1. The molecule has 0 heterocycles. The fourth-order valence-corrected chi connectivity index (χ4v) is 0.403. The second kappa shape index (κ2) is 6.01. The number of aliphatic hydroxyl groups excluding tert-OH is 1. The predicted molar refractivity (Wildman–Crippen MR) is 33.8 cm³/mol. The van der Waals surface area contributed by atoms with E-state index in [1.165, 1.54) is 0 Å². The summed E-state index contributed by atoms with van der Waals surface area (Å²) in [7, 11) is 0. The minimum absolute atomic E-state index is 0.228. The van der Waals surface area contributed by atoms with Crippen LogP contribution in [0, 0.1) is 6.92 Å². The predicted octanol–water partition coefficient (Wildman–Crippen LogP) is 0.192. The molecule has 55 valence electrons. The summed E-state index contributed by atoms with van der Waals surface area (Å²) >= 11 is 0. The van der Waals surface area contributed by atoms with E-state index in [0.29, 0.717) is 6.61 Å². The first-order valence-corrected chi connectivity index (χ1v) is 2.98. The van der Waals surface area contributed by atoms with Crippen molar-refractivity contribution in [2.45, 2.75) is 13.2 Å². The molecule has 0 fully saturated rings. The minimum Gasteiger partial charge on any atom is -0.376 e. The highest BCUT2D eigenvalue weighted by Gasteiger charge is 1.99. The molecule has 0 aromatic rings. The van der Waals surface area contributed by atoms with Crippen molar-refractivity contribution in [3.63, 3.8) is 0 Å². The van der Waals surface area contributed by atoms with E-state index in [4.69, 9.17) is 9.84 Å². The van der Waals surface area contributed by atoms with Crippen molar-refractivity contribution in [3.8, 4) is 0 Å². The average Bonchev–Trinajstić information content (AvgIpc) is 1.85. The third-order valence-electron chi connectivity index (χ3n) is 0.775. The molecule has 0 rings (SSSR count). The van der Waals surface area contributed by atoms with Crippen molar-refractivity contribution in [2.75, 3.05) is 19.8 Å². The maximum atomic E-state index is 8.79. The summed E-state index contributed by atoms with van der Waals surface area (Å²) in [5.74, 6) is 0. The molecule has 9 heavy (non-hydrogen) atoms. The van der Waals surface area contributed by atoms with Gasteiger partial charge in [-0.05, 0) is 13.8 Å². The Morgan fingerprint density at radius 2 is 2.33 bits per heavy atom. The quantitative estimate of drug-likeness (QED) is 0.544. The summed E-state index contributed by atoms with van der Waals surface area (Å²) in [5.41, 5.74) is 0. The van der Waals surface area contributed by atoms with Gasteiger partial charge in [-0.3, -0.25) is 0 Å². The molecule has 0 aliphatic heterocycles. The van der Waals surface area contributed by atoms with Crippen LogP contribution in [0.1, 0.15) is 6.92 Å². The van der Waals surface area contributed by atoms with Gasteiger partial charge in [0.05, 0.1) is 6.61 Å². The number of ether oxygens (including phenoxy) is 2. The lowest BCUT2D eigenvalue weighted by molar-refractivity contribution is -0.129. The molecule has 0 amide bonds. The van der Waals surface area contributed by atoms with Gasteiger partial charge in [0.25, 0.3) is 0 Å². The van der Waals surface area contributed by atoms with Crippen molar-refractivity contribution in [1.82, 2.24) is 0 Å². The molecule has 1 N–H and O–H groups in total. The van der Waals surface area contributed by atoms with E-state index in [2.05, 4.69) is 11.7 Å². The minimum atomic E-state index is -0.817. The zero-order valence-corrected chi connectivity index (χ0v) is 5.67. The Morgan fingerprint density at radius 1 is 1.67 bits per heavy atom. The molecule has 0 saturated heterocycles. The van der Waals surface area contributed by atoms with Gasteiger partial charge in [-0.25, -0.2) is 0 Å². The molecular weight excluding hydrogens is 120 g/mol. The highest BCUT2D eigenvalue weighted by molar-refractivity contribution is 4.38. The molecule has 0 bridgehead atoms. The van der Waals surface area contributed by atoms with Gasteiger partial charge in [0.2, 0.25) is 0 Å². The Hall–Kier alpha value is -0.120. The molecule has 0 aromatic heterocycles. The Bertz CT molecular complexity index is 56.3. The van der Waals surface area contributed by atoms with E-state index in [1.54, 1.807) is 0 Å². The molecule has 3 nitrogen and oxygen atoms in total. The highest BCUT2D eigenvalue weighted by atomic mass is 16.6. The fourth-order valence-electron chi connectivity index (χ4n) is 0.403. The SMILES string of the molecule is [CH2]COC(O)COCC. The van der Waals surface area contributed by atoms with E-state index in [1.807, 2.05) is 6.92 Å². The lowest BCUT2D eigenvalue weighted by atomic mass is 10.6. The monoisotopic (exact) mass is 133 g/mol. The van der Waals surface area contributed by atoms with Gasteiger partial charge in [-0.15, -0.1) is 0 Å². The van der Waals surface area contributed by atoms with Crippen LogP contribution in [0.4, 0.5) is 0 Å². The molecule has 0 aliphatic rings. The Labute approximate surface area is 55.6 Å². The van der Waals surface area contributed by atoms with Crippen LogP contribution in [-0.4, -0.2) is 31.2 Å². The molecule has 0 spiro atoms. The standard InChI is InChI=1S/C6H13O3/c1-3-8-5-6(7)9-4-2/h6-7H,2-5H2,1H3. The number of hydrogen-bond donors (Lipinski definition) is 1. The molecular formula is C6H13O3. The van der Waals surface area contributed by atoms with Crippen molar-refractivity contribution in [1.29, 1.82) is 0 Å². The molecule has 0 saturated carbocycles. The van der Waals surface area contributed by atoms with Crippen LogP contribution in [0.3, 0.4) is 0 Å². The average molecular weight is 133 g/mol. The fraction of sp³-hybridized carbons (Fsp3) is 0.833. The summed E-state index contributed by atoms with van der Waals surface area (Å²) in [6, 6.07) is 0. The molecule has 0 aliphatic carbocycles. The van der Waals surface area contributed by atoms with Crippen LogP contribution >= 0.6 is 0 Å². The van der Waals surface area contributed by atoms with Crippen molar-refractivity contribution in [2.24, 2.45) is 0 Å². The number of rotatable bonds is 5.